The molecule has 1 saturated heterocycles. The van der Waals surface area contributed by atoms with E-state index >= 15 is 0 Å². The topological polar surface area (TPSA) is 133 Å². The molecule has 2 heterocycles. The van der Waals surface area contributed by atoms with Crippen LogP contribution in [0.25, 0.3) is 0 Å². The molecular formula is C26H34N4O6. The van der Waals surface area contributed by atoms with E-state index in [1.807, 2.05) is 19.9 Å². The van der Waals surface area contributed by atoms with E-state index in [2.05, 4.69) is 10.6 Å². The normalized spacial score (nSPS) is 17.2. The van der Waals surface area contributed by atoms with Crippen molar-refractivity contribution < 1.29 is 28.8 Å². The van der Waals surface area contributed by atoms with E-state index in [4.69, 9.17) is 0 Å². The number of amides is 6. The van der Waals surface area contributed by atoms with Gasteiger partial charge in [-0.15, -0.1) is 0 Å². The van der Waals surface area contributed by atoms with E-state index in [0.29, 0.717) is 31.6 Å². The van der Waals surface area contributed by atoms with Gasteiger partial charge in [0.2, 0.25) is 23.6 Å². The Morgan fingerprint density at radius 2 is 1.78 bits per heavy atom. The van der Waals surface area contributed by atoms with Gasteiger partial charge in [-0.05, 0) is 51.2 Å². The maximum atomic E-state index is 13.1. The van der Waals surface area contributed by atoms with E-state index in [0.717, 1.165) is 29.7 Å². The number of aryl methyl sites for hydroxylation is 1. The summed E-state index contributed by atoms with van der Waals surface area (Å²) in [4.78, 5) is 76.4. The average molecular weight is 499 g/mol. The molecule has 10 heteroatoms. The van der Waals surface area contributed by atoms with Crippen molar-refractivity contribution in [2.45, 2.75) is 71.3 Å². The molecule has 0 radical (unpaired) electrons. The maximum absolute atomic E-state index is 13.1. The summed E-state index contributed by atoms with van der Waals surface area (Å²) in [6, 6.07) is 4.15. The fourth-order valence-corrected chi connectivity index (χ4v) is 4.68. The van der Waals surface area contributed by atoms with Gasteiger partial charge in [0, 0.05) is 38.9 Å². The molecule has 0 saturated carbocycles. The second kappa shape index (κ2) is 12.4. The summed E-state index contributed by atoms with van der Waals surface area (Å²) in [5, 5.41) is 5.04. The summed E-state index contributed by atoms with van der Waals surface area (Å²) < 4.78 is 0. The van der Waals surface area contributed by atoms with Gasteiger partial charge in [0.1, 0.15) is 6.04 Å². The predicted molar refractivity (Wildman–Crippen MR) is 131 cm³/mol. The van der Waals surface area contributed by atoms with E-state index in [1.54, 1.807) is 17.0 Å². The highest BCUT2D eigenvalue weighted by Gasteiger charge is 2.45. The van der Waals surface area contributed by atoms with Crippen molar-refractivity contribution in [3.05, 3.63) is 34.9 Å². The number of imide groups is 2. The second-order valence-electron chi connectivity index (χ2n) is 9.01. The van der Waals surface area contributed by atoms with Crippen LogP contribution >= 0.6 is 0 Å². The van der Waals surface area contributed by atoms with Gasteiger partial charge in [-0.1, -0.05) is 18.6 Å². The van der Waals surface area contributed by atoms with Crippen LogP contribution in [0.1, 0.15) is 85.1 Å². The lowest BCUT2D eigenvalue weighted by molar-refractivity contribution is -0.136. The average Bonchev–Trinajstić information content (AvgIpc) is 3.11. The van der Waals surface area contributed by atoms with Crippen LogP contribution in [0.5, 0.6) is 0 Å². The molecule has 0 aliphatic carbocycles. The summed E-state index contributed by atoms with van der Waals surface area (Å²) in [7, 11) is 0. The van der Waals surface area contributed by atoms with Crippen molar-refractivity contribution in [2.75, 3.05) is 19.6 Å². The van der Waals surface area contributed by atoms with Crippen molar-refractivity contribution >= 4 is 35.4 Å². The zero-order chi connectivity index (χ0) is 26.2. The molecule has 1 fully saturated rings. The zero-order valence-corrected chi connectivity index (χ0v) is 20.9. The van der Waals surface area contributed by atoms with E-state index in [9.17, 15) is 28.8 Å². The van der Waals surface area contributed by atoms with Crippen molar-refractivity contribution in [2.24, 2.45) is 0 Å². The van der Waals surface area contributed by atoms with Crippen LogP contribution in [0.3, 0.4) is 0 Å². The monoisotopic (exact) mass is 498 g/mol. The highest BCUT2D eigenvalue weighted by atomic mass is 16.2. The van der Waals surface area contributed by atoms with Gasteiger partial charge in [0.15, 0.2) is 0 Å². The quantitative estimate of drug-likeness (QED) is 0.332. The van der Waals surface area contributed by atoms with Gasteiger partial charge >= 0.3 is 0 Å². The minimum Gasteiger partial charge on any atom is -0.356 e. The lowest BCUT2D eigenvalue weighted by Crippen LogP contribution is -2.54. The molecule has 3 rings (SSSR count). The molecule has 1 aromatic rings. The molecule has 1 atom stereocenters. The molecule has 6 amide bonds. The van der Waals surface area contributed by atoms with E-state index < -0.39 is 29.7 Å². The Hall–Kier alpha value is -3.56. The van der Waals surface area contributed by atoms with Crippen molar-refractivity contribution in [3.63, 3.8) is 0 Å². The first-order valence-electron chi connectivity index (χ1n) is 12.7. The number of fused-ring (bicyclic) bond motifs is 1. The molecule has 2 aliphatic rings. The molecule has 2 aliphatic heterocycles. The first-order valence-corrected chi connectivity index (χ1v) is 12.7. The Morgan fingerprint density at radius 3 is 2.47 bits per heavy atom. The number of benzene rings is 1. The number of unbranched alkanes of at least 4 members (excludes halogenated alkanes) is 2. The molecule has 10 nitrogen and oxygen atoms in total. The highest BCUT2D eigenvalue weighted by Crippen LogP contribution is 2.30. The molecular weight excluding hydrogens is 464 g/mol. The molecule has 1 aromatic carbocycles. The van der Waals surface area contributed by atoms with Gasteiger partial charge in [-0.25, -0.2) is 0 Å². The van der Waals surface area contributed by atoms with Crippen LogP contribution in [0.2, 0.25) is 0 Å². The van der Waals surface area contributed by atoms with Gasteiger partial charge in [-0.3, -0.25) is 39.0 Å². The lowest BCUT2D eigenvalue weighted by atomic mass is 9.98. The number of nitrogens with zero attached hydrogens (tertiary/aromatic N) is 2. The largest absolute Gasteiger partial charge is 0.356 e. The summed E-state index contributed by atoms with van der Waals surface area (Å²) in [5.41, 5.74) is 1.37. The molecule has 36 heavy (non-hydrogen) atoms. The summed E-state index contributed by atoms with van der Waals surface area (Å²) in [6.45, 7) is 5.60. The first kappa shape index (κ1) is 27.0. The molecule has 0 bridgehead atoms. The lowest BCUT2D eigenvalue weighted by Gasteiger charge is -2.27. The number of carbonyl (C=O) groups is 6. The van der Waals surface area contributed by atoms with Gasteiger partial charge in [-0.2, -0.15) is 0 Å². The second-order valence-corrected chi connectivity index (χ2v) is 9.01. The van der Waals surface area contributed by atoms with Crippen LogP contribution < -0.4 is 10.6 Å². The minimum atomic E-state index is -0.978. The predicted octanol–water partition coefficient (Wildman–Crippen LogP) is 1.57. The number of hydrogen-bond acceptors (Lipinski definition) is 6. The molecule has 194 valence electrons. The van der Waals surface area contributed by atoms with Crippen LogP contribution in [-0.2, 0) is 25.6 Å². The maximum Gasteiger partial charge on any atom is 0.262 e. The van der Waals surface area contributed by atoms with Crippen molar-refractivity contribution in [3.8, 4) is 0 Å². The fourth-order valence-electron chi connectivity index (χ4n) is 4.68. The van der Waals surface area contributed by atoms with Gasteiger partial charge < -0.3 is 10.2 Å². The number of piperidine rings is 1. The Bertz CT molecular complexity index is 1050. The number of carbonyl (C=O) groups excluding carboxylic acids is 6. The number of hydrogen-bond donors (Lipinski definition) is 2. The van der Waals surface area contributed by atoms with E-state index in [1.165, 1.54) is 0 Å². The molecule has 1 unspecified atom stereocenters. The van der Waals surface area contributed by atoms with Crippen LogP contribution in [0.4, 0.5) is 0 Å². The van der Waals surface area contributed by atoms with Crippen LogP contribution in [-0.4, -0.2) is 70.9 Å². The molecule has 0 spiro atoms. The van der Waals surface area contributed by atoms with Crippen LogP contribution in [0, 0.1) is 0 Å². The minimum absolute atomic E-state index is 0.0188. The van der Waals surface area contributed by atoms with Crippen LogP contribution in [0.15, 0.2) is 18.2 Å². The summed E-state index contributed by atoms with van der Waals surface area (Å²) in [6.07, 6.45) is 3.48. The van der Waals surface area contributed by atoms with Crippen molar-refractivity contribution in [1.29, 1.82) is 0 Å². The standard InChI is InChI=1S/C26H34N4O6/c1-3-29(4-2)22(33)15-14-20(31)27-16-7-5-6-9-17-10-8-11-18-23(17)26(36)30(25(18)35)19-12-13-21(32)28-24(19)34/h8,10-11,19H,3-7,9,12-16H2,1-2H3,(H,27,31)(H,28,32,34). The van der Waals surface area contributed by atoms with Crippen molar-refractivity contribution in [1.82, 2.24) is 20.4 Å². The summed E-state index contributed by atoms with van der Waals surface area (Å²) >= 11 is 0. The van der Waals surface area contributed by atoms with E-state index in [-0.39, 0.29) is 43.1 Å². The molecule has 2 N–H and O–H groups in total. The van der Waals surface area contributed by atoms with Gasteiger partial charge in [0.25, 0.3) is 11.8 Å². The third-order valence-corrected chi connectivity index (χ3v) is 6.68. The fraction of sp³-hybridized carbons (Fsp3) is 0.538. The SMILES string of the molecule is CCN(CC)C(=O)CCC(=O)NCCCCCc1cccc2c1C(=O)N(C1CCC(=O)NC1=O)C2=O. The first-order chi connectivity index (χ1) is 17.3. The smallest absolute Gasteiger partial charge is 0.262 e. The van der Waals surface area contributed by atoms with Gasteiger partial charge in [0.05, 0.1) is 11.1 Å². The zero-order valence-electron chi connectivity index (χ0n) is 20.9. The Labute approximate surface area is 210 Å². The summed E-state index contributed by atoms with van der Waals surface area (Å²) in [5.74, 6) is -2.19. The highest BCUT2D eigenvalue weighted by molar-refractivity contribution is 6.24. The number of nitrogens with one attached hydrogen (secondary N) is 2. The Kier molecular flexibility index (Phi) is 9.32. The molecule has 0 aromatic heterocycles. The Balaban J connectivity index is 1.45. The Morgan fingerprint density at radius 1 is 1.03 bits per heavy atom. The number of rotatable bonds is 12. The third kappa shape index (κ3) is 6.16. The third-order valence-electron chi connectivity index (χ3n) is 6.68.